The molecule has 1 saturated heterocycles. The second kappa shape index (κ2) is 10.0. The number of unbranched alkanes of at least 4 members (excludes halogenated alkanes) is 1. The Morgan fingerprint density at radius 3 is 2.81 bits per heavy atom. The lowest BCUT2D eigenvalue weighted by Crippen LogP contribution is -2.24. The van der Waals surface area contributed by atoms with Gasteiger partial charge in [-0.3, -0.25) is 14.2 Å². The molecule has 0 aliphatic carbocycles. The Balaban J connectivity index is 1.55. The predicted octanol–water partition coefficient (Wildman–Crippen LogP) is 4.77. The molecule has 0 saturated carbocycles. The molecule has 1 aliphatic heterocycles. The van der Waals surface area contributed by atoms with Crippen LogP contribution < -0.4 is 5.56 Å². The molecule has 0 N–H and O–H groups in total. The van der Waals surface area contributed by atoms with Gasteiger partial charge >= 0.3 is 0 Å². The first-order valence-electron chi connectivity index (χ1n) is 11.4. The normalized spacial score (nSPS) is 16.2. The van der Waals surface area contributed by atoms with Crippen molar-refractivity contribution in [1.82, 2.24) is 14.1 Å². The van der Waals surface area contributed by atoms with Gasteiger partial charge in [-0.05, 0) is 51.3 Å². The van der Waals surface area contributed by atoms with Gasteiger partial charge in [0.15, 0.2) is 10.9 Å². The summed E-state index contributed by atoms with van der Waals surface area (Å²) in [4.78, 5) is 30.9. The number of aryl methyl sites for hydroxylation is 1. The third-order valence-electron chi connectivity index (χ3n) is 6.18. The van der Waals surface area contributed by atoms with Crippen LogP contribution in [-0.2, 0) is 17.8 Å². The number of Topliss-reactive ketones (excluding diaryl/α,β-unsaturated/α-hetero) is 1. The van der Waals surface area contributed by atoms with Crippen molar-refractivity contribution in [3.05, 3.63) is 57.6 Å². The molecule has 1 fully saturated rings. The van der Waals surface area contributed by atoms with E-state index in [1.807, 2.05) is 44.2 Å². The van der Waals surface area contributed by atoms with Crippen LogP contribution in [0.5, 0.6) is 0 Å². The molecule has 0 bridgehead atoms. The van der Waals surface area contributed by atoms with Gasteiger partial charge in [-0.15, -0.1) is 0 Å². The Kier molecular flexibility index (Phi) is 7.16. The van der Waals surface area contributed by atoms with E-state index in [-0.39, 0.29) is 23.2 Å². The van der Waals surface area contributed by atoms with E-state index in [9.17, 15) is 9.59 Å². The van der Waals surface area contributed by atoms with Gasteiger partial charge in [0, 0.05) is 36.6 Å². The lowest BCUT2D eigenvalue weighted by molar-refractivity contribution is 0.0957. The van der Waals surface area contributed by atoms with Crippen LogP contribution >= 0.6 is 11.8 Å². The summed E-state index contributed by atoms with van der Waals surface area (Å²) in [5, 5.41) is 1.24. The fraction of sp³-hybridized carbons (Fsp3) is 0.480. The minimum atomic E-state index is -0.0336. The maximum absolute atomic E-state index is 13.1. The molecule has 32 heavy (non-hydrogen) atoms. The largest absolute Gasteiger partial charge is 0.376 e. The molecule has 1 atom stereocenters. The number of para-hydroxylation sites is 1. The summed E-state index contributed by atoms with van der Waals surface area (Å²) in [6.45, 7) is 8.37. The first-order chi connectivity index (χ1) is 15.5. The number of rotatable bonds is 9. The van der Waals surface area contributed by atoms with Crippen LogP contribution in [0, 0.1) is 13.8 Å². The lowest BCUT2D eigenvalue weighted by Gasteiger charge is -2.15. The first kappa shape index (κ1) is 22.8. The average Bonchev–Trinajstić information content (AvgIpc) is 3.41. The summed E-state index contributed by atoms with van der Waals surface area (Å²) < 4.78 is 9.70. The van der Waals surface area contributed by atoms with Gasteiger partial charge in [-0.25, -0.2) is 4.98 Å². The van der Waals surface area contributed by atoms with E-state index in [0.717, 1.165) is 55.8 Å². The van der Waals surface area contributed by atoms with Gasteiger partial charge in [-0.2, -0.15) is 0 Å². The molecule has 6 nitrogen and oxygen atoms in total. The molecular weight excluding hydrogens is 422 g/mol. The number of carbonyl (C=O) groups excluding carboxylic acids is 1. The van der Waals surface area contributed by atoms with Crippen molar-refractivity contribution in [1.29, 1.82) is 0 Å². The minimum absolute atomic E-state index is 0.0336. The van der Waals surface area contributed by atoms with Gasteiger partial charge in [0.25, 0.3) is 5.56 Å². The number of hydrogen-bond donors (Lipinski definition) is 0. The maximum atomic E-state index is 13.1. The number of ether oxygens (including phenoxy) is 1. The van der Waals surface area contributed by atoms with Crippen LogP contribution in [0.25, 0.3) is 10.9 Å². The number of aromatic nitrogens is 3. The highest BCUT2D eigenvalue weighted by atomic mass is 32.2. The van der Waals surface area contributed by atoms with Crippen molar-refractivity contribution in [3.63, 3.8) is 0 Å². The van der Waals surface area contributed by atoms with Gasteiger partial charge in [0.05, 0.1) is 22.8 Å². The molecule has 0 radical (unpaired) electrons. The zero-order valence-corrected chi connectivity index (χ0v) is 19.9. The Morgan fingerprint density at radius 2 is 2.06 bits per heavy atom. The molecule has 170 valence electrons. The quantitative estimate of drug-likeness (QED) is 0.265. The number of hydrogen-bond acceptors (Lipinski definition) is 5. The van der Waals surface area contributed by atoms with E-state index in [0.29, 0.717) is 22.6 Å². The number of thioether (sulfide) groups is 1. The maximum Gasteiger partial charge on any atom is 0.262 e. The Bertz CT molecular complexity index is 1180. The van der Waals surface area contributed by atoms with Gasteiger partial charge < -0.3 is 9.30 Å². The predicted molar refractivity (Wildman–Crippen MR) is 129 cm³/mol. The van der Waals surface area contributed by atoms with Crippen molar-refractivity contribution >= 4 is 28.4 Å². The van der Waals surface area contributed by atoms with Crippen molar-refractivity contribution < 1.29 is 9.53 Å². The number of nitrogens with zero attached hydrogens (tertiary/aromatic N) is 3. The summed E-state index contributed by atoms with van der Waals surface area (Å²) >= 11 is 1.35. The third kappa shape index (κ3) is 4.69. The third-order valence-corrected chi connectivity index (χ3v) is 7.15. The van der Waals surface area contributed by atoms with Crippen LogP contribution in [0.15, 0.2) is 40.3 Å². The van der Waals surface area contributed by atoms with Gasteiger partial charge in [0.1, 0.15) is 0 Å². The Labute approximate surface area is 193 Å². The topological polar surface area (TPSA) is 66.1 Å². The van der Waals surface area contributed by atoms with Gasteiger partial charge in [0.2, 0.25) is 0 Å². The van der Waals surface area contributed by atoms with Crippen molar-refractivity contribution in [2.24, 2.45) is 0 Å². The second-order valence-corrected chi connectivity index (χ2v) is 9.41. The number of ketones is 1. The van der Waals surface area contributed by atoms with E-state index in [2.05, 4.69) is 11.5 Å². The van der Waals surface area contributed by atoms with E-state index in [1.54, 1.807) is 4.57 Å². The van der Waals surface area contributed by atoms with Crippen molar-refractivity contribution in [2.45, 2.75) is 70.8 Å². The monoisotopic (exact) mass is 453 g/mol. The molecule has 3 heterocycles. The van der Waals surface area contributed by atoms with Crippen LogP contribution in [-0.4, -0.2) is 38.4 Å². The highest BCUT2D eigenvalue weighted by Gasteiger charge is 2.22. The van der Waals surface area contributed by atoms with Crippen LogP contribution in [0.4, 0.5) is 0 Å². The van der Waals surface area contributed by atoms with Crippen LogP contribution in [0.1, 0.15) is 54.4 Å². The summed E-state index contributed by atoms with van der Waals surface area (Å²) in [7, 11) is 0. The average molecular weight is 454 g/mol. The standard InChI is InChI=1S/C25H31N3O3S/c1-4-5-12-27-24(30)20-10-6-7-11-22(20)26-25(27)32-16-23(29)21-14-17(2)28(18(21)3)15-19-9-8-13-31-19/h6-7,10-11,14,19H,4-5,8-9,12-13,15-16H2,1-3H3. The molecule has 4 rings (SSSR count). The van der Waals surface area contributed by atoms with E-state index in [4.69, 9.17) is 9.72 Å². The molecule has 1 unspecified atom stereocenters. The molecule has 1 aliphatic rings. The van der Waals surface area contributed by atoms with Gasteiger partial charge in [-0.1, -0.05) is 37.2 Å². The summed E-state index contributed by atoms with van der Waals surface area (Å²) in [6, 6.07) is 9.39. The summed E-state index contributed by atoms with van der Waals surface area (Å²) in [5.74, 6) is 0.312. The zero-order valence-electron chi connectivity index (χ0n) is 19.1. The summed E-state index contributed by atoms with van der Waals surface area (Å²) in [6.07, 6.45) is 4.28. The fourth-order valence-electron chi connectivity index (χ4n) is 4.34. The zero-order chi connectivity index (χ0) is 22.7. The SMILES string of the molecule is CCCCn1c(SCC(=O)c2cc(C)n(CC3CCCO3)c2C)nc2ccccc2c1=O. The number of benzene rings is 1. The first-order valence-corrected chi connectivity index (χ1v) is 12.4. The smallest absolute Gasteiger partial charge is 0.262 e. The molecule has 7 heteroatoms. The molecule has 1 aromatic carbocycles. The molecule has 0 spiro atoms. The van der Waals surface area contributed by atoms with E-state index in [1.165, 1.54) is 11.8 Å². The number of fused-ring (bicyclic) bond motifs is 1. The van der Waals surface area contributed by atoms with E-state index < -0.39 is 0 Å². The van der Waals surface area contributed by atoms with Crippen molar-refractivity contribution in [2.75, 3.05) is 12.4 Å². The highest BCUT2D eigenvalue weighted by molar-refractivity contribution is 7.99. The molecule has 2 aromatic heterocycles. The van der Waals surface area contributed by atoms with E-state index >= 15 is 0 Å². The molecule has 0 amide bonds. The highest BCUT2D eigenvalue weighted by Crippen LogP contribution is 2.24. The Hall–Kier alpha value is -2.38. The van der Waals surface area contributed by atoms with Crippen molar-refractivity contribution in [3.8, 4) is 0 Å². The van der Waals surface area contributed by atoms with Crippen LogP contribution in [0.3, 0.4) is 0 Å². The Morgan fingerprint density at radius 1 is 1.25 bits per heavy atom. The van der Waals surface area contributed by atoms with Crippen LogP contribution in [0.2, 0.25) is 0 Å². The summed E-state index contributed by atoms with van der Waals surface area (Å²) in [5.41, 5.74) is 3.45. The number of carbonyl (C=O) groups is 1. The molecular formula is C25H31N3O3S. The molecule has 3 aromatic rings. The fourth-order valence-corrected chi connectivity index (χ4v) is 5.24. The minimum Gasteiger partial charge on any atom is -0.376 e. The second-order valence-electron chi connectivity index (χ2n) is 8.46. The lowest BCUT2D eigenvalue weighted by atomic mass is 10.2.